The maximum atomic E-state index is 12.1. The van der Waals surface area contributed by atoms with Crippen LogP contribution in [0.1, 0.15) is 11.1 Å². The third kappa shape index (κ3) is 6.35. The van der Waals surface area contributed by atoms with Crippen molar-refractivity contribution in [3.63, 3.8) is 0 Å². The molecule has 0 saturated carbocycles. The van der Waals surface area contributed by atoms with Crippen molar-refractivity contribution in [3.8, 4) is 0 Å². The number of carbonyl (C=O) groups excluding carboxylic acids is 1. The van der Waals surface area contributed by atoms with Crippen molar-refractivity contribution in [2.24, 2.45) is 5.10 Å². The highest BCUT2D eigenvalue weighted by Gasteiger charge is 2.19. The van der Waals surface area contributed by atoms with E-state index in [2.05, 4.69) is 20.3 Å². The van der Waals surface area contributed by atoms with Gasteiger partial charge in [0, 0.05) is 49.9 Å². The number of hydrazone groups is 1. The number of nitro groups is 1. The number of piperazine rings is 1. The molecule has 2 aromatic rings. The number of nitrogens with zero attached hydrogens (tertiary/aromatic N) is 4. The van der Waals surface area contributed by atoms with E-state index in [0.29, 0.717) is 5.56 Å². The Morgan fingerprint density at radius 3 is 2.41 bits per heavy atom. The molecule has 0 bridgehead atoms. The Labute approximate surface area is 173 Å². The van der Waals surface area contributed by atoms with Gasteiger partial charge in [-0.1, -0.05) is 29.8 Å². The molecule has 29 heavy (non-hydrogen) atoms. The van der Waals surface area contributed by atoms with Gasteiger partial charge < -0.3 is 0 Å². The van der Waals surface area contributed by atoms with Crippen molar-refractivity contribution in [2.45, 2.75) is 6.54 Å². The normalized spacial score (nSPS) is 15.5. The van der Waals surface area contributed by atoms with Gasteiger partial charge in [-0.25, -0.2) is 5.43 Å². The molecule has 1 fully saturated rings. The highest BCUT2D eigenvalue weighted by atomic mass is 35.5. The molecule has 2 aromatic carbocycles. The smallest absolute Gasteiger partial charge is 0.269 e. The van der Waals surface area contributed by atoms with Crippen LogP contribution in [0.5, 0.6) is 0 Å². The van der Waals surface area contributed by atoms with Crippen molar-refractivity contribution in [1.82, 2.24) is 15.2 Å². The van der Waals surface area contributed by atoms with Crippen molar-refractivity contribution in [2.75, 3.05) is 32.7 Å². The zero-order valence-electron chi connectivity index (χ0n) is 15.8. The molecule has 1 amide bonds. The summed E-state index contributed by atoms with van der Waals surface area (Å²) in [6, 6.07) is 13.8. The second-order valence-corrected chi connectivity index (χ2v) is 7.19. The molecule has 152 valence electrons. The van der Waals surface area contributed by atoms with Gasteiger partial charge in [-0.2, -0.15) is 5.10 Å². The molecule has 9 heteroatoms. The molecular weight excluding hydrogens is 394 g/mol. The molecule has 0 aliphatic carbocycles. The van der Waals surface area contributed by atoms with Gasteiger partial charge in [0.15, 0.2) is 0 Å². The van der Waals surface area contributed by atoms with E-state index >= 15 is 0 Å². The number of nitrogens with one attached hydrogen (secondary N) is 1. The predicted octanol–water partition coefficient (Wildman–Crippen LogP) is 2.52. The maximum Gasteiger partial charge on any atom is 0.269 e. The zero-order valence-corrected chi connectivity index (χ0v) is 16.6. The molecule has 0 spiro atoms. The van der Waals surface area contributed by atoms with Crippen LogP contribution in [0.15, 0.2) is 53.6 Å². The van der Waals surface area contributed by atoms with Crippen LogP contribution in [-0.2, 0) is 11.3 Å². The van der Waals surface area contributed by atoms with Gasteiger partial charge in [0.2, 0.25) is 0 Å². The van der Waals surface area contributed by atoms with Crippen LogP contribution in [0.3, 0.4) is 0 Å². The van der Waals surface area contributed by atoms with Gasteiger partial charge in [0.05, 0.1) is 17.7 Å². The predicted molar refractivity (Wildman–Crippen MR) is 112 cm³/mol. The average Bonchev–Trinajstić information content (AvgIpc) is 2.71. The Balaban J connectivity index is 1.39. The number of carbonyl (C=O) groups is 1. The quantitative estimate of drug-likeness (QED) is 0.426. The number of non-ortho nitro benzene ring substituents is 1. The third-order valence-electron chi connectivity index (χ3n) is 4.69. The number of benzene rings is 2. The SMILES string of the molecule is O=C(CN1CCN(Cc2ccccc2Cl)CC1)N/N=C/c1ccc([N+](=O)[O-])cc1. The summed E-state index contributed by atoms with van der Waals surface area (Å²) in [5.74, 6) is -0.192. The van der Waals surface area contributed by atoms with E-state index in [1.807, 2.05) is 24.3 Å². The van der Waals surface area contributed by atoms with Crippen molar-refractivity contribution >= 4 is 29.4 Å². The lowest BCUT2D eigenvalue weighted by Gasteiger charge is -2.34. The lowest BCUT2D eigenvalue weighted by atomic mass is 10.2. The molecule has 8 nitrogen and oxygen atoms in total. The molecule has 1 aliphatic heterocycles. The molecule has 1 N–H and O–H groups in total. The average molecular weight is 416 g/mol. The number of hydrogen-bond donors (Lipinski definition) is 1. The minimum absolute atomic E-state index is 0.0138. The molecule has 0 radical (unpaired) electrons. The number of rotatable bonds is 7. The summed E-state index contributed by atoms with van der Waals surface area (Å²) in [4.78, 5) is 26.7. The van der Waals surface area contributed by atoms with Crippen molar-refractivity contribution < 1.29 is 9.72 Å². The van der Waals surface area contributed by atoms with Crippen LogP contribution in [-0.4, -0.2) is 59.6 Å². The van der Waals surface area contributed by atoms with E-state index in [-0.39, 0.29) is 18.1 Å². The van der Waals surface area contributed by atoms with Crippen LogP contribution in [0, 0.1) is 10.1 Å². The van der Waals surface area contributed by atoms with E-state index in [4.69, 9.17) is 11.6 Å². The maximum absolute atomic E-state index is 12.1. The van der Waals surface area contributed by atoms with Gasteiger partial charge in [0.25, 0.3) is 11.6 Å². The summed E-state index contributed by atoms with van der Waals surface area (Å²) in [5.41, 5.74) is 4.29. The minimum atomic E-state index is -0.461. The van der Waals surface area contributed by atoms with E-state index in [1.165, 1.54) is 18.3 Å². The van der Waals surface area contributed by atoms with E-state index in [9.17, 15) is 14.9 Å². The van der Waals surface area contributed by atoms with Gasteiger partial charge in [-0.05, 0) is 29.3 Å². The van der Waals surface area contributed by atoms with Gasteiger partial charge >= 0.3 is 0 Å². The summed E-state index contributed by atoms with van der Waals surface area (Å²) in [6.07, 6.45) is 1.46. The van der Waals surface area contributed by atoms with E-state index < -0.39 is 4.92 Å². The molecule has 1 saturated heterocycles. The van der Waals surface area contributed by atoms with Gasteiger partial charge in [-0.3, -0.25) is 24.7 Å². The van der Waals surface area contributed by atoms with E-state index in [0.717, 1.165) is 43.3 Å². The van der Waals surface area contributed by atoms with E-state index in [1.54, 1.807) is 12.1 Å². The second-order valence-electron chi connectivity index (χ2n) is 6.79. The number of hydrogen-bond acceptors (Lipinski definition) is 6. The summed E-state index contributed by atoms with van der Waals surface area (Å²) in [6.45, 7) is 4.40. The summed E-state index contributed by atoms with van der Waals surface area (Å²) < 4.78 is 0. The first-order valence-corrected chi connectivity index (χ1v) is 9.63. The first-order chi connectivity index (χ1) is 14.0. The topological polar surface area (TPSA) is 91.1 Å². The molecule has 0 aromatic heterocycles. The Morgan fingerprint density at radius 2 is 1.76 bits per heavy atom. The van der Waals surface area contributed by atoms with Crippen molar-refractivity contribution in [3.05, 3.63) is 74.8 Å². The largest absolute Gasteiger partial charge is 0.296 e. The van der Waals surface area contributed by atoms with Crippen LogP contribution in [0.2, 0.25) is 5.02 Å². The number of nitro benzene ring substituents is 1. The highest BCUT2D eigenvalue weighted by molar-refractivity contribution is 6.31. The number of halogens is 1. The lowest BCUT2D eigenvalue weighted by molar-refractivity contribution is -0.384. The van der Waals surface area contributed by atoms with Crippen LogP contribution >= 0.6 is 11.6 Å². The van der Waals surface area contributed by atoms with Crippen LogP contribution in [0.25, 0.3) is 0 Å². The van der Waals surface area contributed by atoms with Gasteiger partial charge in [-0.15, -0.1) is 0 Å². The molecule has 1 aliphatic rings. The fourth-order valence-electron chi connectivity index (χ4n) is 3.07. The van der Waals surface area contributed by atoms with Crippen molar-refractivity contribution in [1.29, 1.82) is 0 Å². The summed E-state index contributed by atoms with van der Waals surface area (Å²) >= 11 is 6.22. The molecular formula is C20H22ClN5O3. The van der Waals surface area contributed by atoms with Crippen LogP contribution < -0.4 is 5.43 Å². The first kappa shape index (κ1) is 20.9. The fourth-order valence-corrected chi connectivity index (χ4v) is 3.27. The Hall–Kier alpha value is -2.81. The molecule has 3 rings (SSSR count). The third-order valence-corrected chi connectivity index (χ3v) is 5.06. The standard InChI is InChI=1S/C20H22ClN5O3/c21-19-4-2-1-3-17(19)14-24-9-11-25(12-10-24)15-20(27)23-22-13-16-5-7-18(8-6-16)26(28)29/h1-8,13H,9-12,14-15H2,(H,23,27)/b22-13+. The zero-order chi connectivity index (χ0) is 20.6. The Bertz CT molecular complexity index is 880. The van der Waals surface area contributed by atoms with Crippen LogP contribution in [0.4, 0.5) is 5.69 Å². The first-order valence-electron chi connectivity index (χ1n) is 9.26. The van der Waals surface area contributed by atoms with Gasteiger partial charge in [0.1, 0.15) is 0 Å². The number of amides is 1. The molecule has 0 atom stereocenters. The second kappa shape index (κ2) is 10.1. The summed E-state index contributed by atoms with van der Waals surface area (Å²) in [5, 5.41) is 15.3. The highest BCUT2D eigenvalue weighted by Crippen LogP contribution is 2.17. The summed E-state index contributed by atoms with van der Waals surface area (Å²) in [7, 11) is 0. The molecule has 1 heterocycles. The molecule has 0 unspecified atom stereocenters. The lowest BCUT2D eigenvalue weighted by Crippen LogP contribution is -2.48. The Morgan fingerprint density at radius 1 is 1.10 bits per heavy atom. The monoisotopic (exact) mass is 415 g/mol. The fraction of sp³-hybridized carbons (Fsp3) is 0.300. The minimum Gasteiger partial charge on any atom is -0.296 e. The Kier molecular flexibility index (Phi) is 7.29.